The number of hydrogen-bond acceptors (Lipinski definition) is 5. The van der Waals surface area contributed by atoms with Crippen molar-refractivity contribution in [1.82, 2.24) is 10.2 Å². The second-order valence-electron chi connectivity index (χ2n) is 4.46. The number of hydrogen-bond donors (Lipinski definition) is 3. The molecule has 0 aliphatic carbocycles. The van der Waals surface area contributed by atoms with Gasteiger partial charge in [-0.05, 0) is 14.0 Å². The third kappa shape index (κ3) is 4.05. The fourth-order valence-corrected chi connectivity index (χ4v) is 1.54. The van der Waals surface area contributed by atoms with Gasteiger partial charge in [-0.25, -0.2) is 4.79 Å². The van der Waals surface area contributed by atoms with Crippen LogP contribution in [-0.4, -0.2) is 72.6 Å². The highest BCUT2D eigenvalue weighted by Crippen LogP contribution is 2.04. The van der Waals surface area contributed by atoms with Gasteiger partial charge in [-0.2, -0.15) is 0 Å². The van der Waals surface area contributed by atoms with E-state index in [0.717, 1.165) is 13.1 Å². The summed E-state index contributed by atoms with van der Waals surface area (Å²) in [5.41, 5.74) is -1.72. The maximum absolute atomic E-state index is 10.6. The van der Waals surface area contributed by atoms with Crippen LogP contribution in [0, 0.1) is 0 Å². The Hall–Kier alpha value is -0.690. The minimum Gasteiger partial charge on any atom is -0.479 e. The monoisotopic (exact) mass is 232 g/mol. The predicted octanol–water partition coefficient (Wildman–Crippen LogP) is -1.26. The quantitative estimate of drug-likeness (QED) is 0.549. The Bertz CT molecular complexity index is 245. The number of morpholine rings is 1. The van der Waals surface area contributed by atoms with Crippen LogP contribution in [0.5, 0.6) is 0 Å². The molecule has 1 aliphatic rings. The molecule has 0 amide bonds. The summed E-state index contributed by atoms with van der Waals surface area (Å²) in [4.78, 5) is 12.8. The molecule has 0 radical (unpaired) electrons. The lowest BCUT2D eigenvalue weighted by molar-refractivity contribution is -0.156. The fraction of sp³-hybridized carbons (Fsp3) is 0.900. The van der Waals surface area contributed by atoms with Gasteiger partial charge in [-0.1, -0.05) is 0 Å². The molecule has 16 heavy (non-hydrogen) atoms. The maximum atomic E-state index is 10.6. The van der Waals surface area contributed by atoms with Gasteiger partial charge in [0.1, 0.15) is 0 Å². The largest absolute Gasteiger partial charge is 0.479 e. The molecule has 1 heterocycles. The number of nitrogens with zero attached hydrogens (tertiary/aromatic N) is 1. The summed E-state index contributed by atoms with van der Waals surface area (Å²) in [7, 11) is 2.02. The van der Waals surface area contributed by atoms with E-state index >= 15 is 0 Å². The maximum Gasteiger partial charge on any atom is 0.336 e. The van der Waals surface area contributed by atoms with Crippen molar-refractivity contribution in [2.24, 2.45) is 0 Å². The number of aliphatic carboxylic acids is 1. The van der Waals surface area contributed by atoms with Gasteiger partial charge in [0.25, 0.3) is 0 Å². The zero-order valence-corrected chi connectivity index (χ0v) is 9.77. The summed E-state index contributed by atoms with van der Waals surface area (Å²) < 4.78 is 5.49. The van der Waals surface area contributed by atoms with Gasteiger partial charge in [0.15, 0.2) is 5.60 Å². The Morgan fingerprint density at radius 1 is 1.69 bits per heavy atom. The first kappa shape index (κ1) is 13.4. The Kier molecular flexibility index (Phi) is 4.67. The highest BCUT2D eigenvalue weighted by Gasteiger charge is 2.29. The van der Waals surface area contributed by atoms with E-state index in [-0.39, 0.29) is 12.6 Å². The minimum atomic E-state index is -1.72. The second-order valence-corrected chi connectivity index (χ2v) is 4.46. The van der Waals surface area contributed by atoms with Crippen LogP contribution in [0.25, 0.3) is 0 Å². The van der Waals surface area contributed by atoms with Crippen LogP contribution >= 0.6 is 0 Å². The van der Waals surface area contributed by atoms with Crippen LogP contribution in [-0.2, 0) is 9.53 Å². The number of likely N-dealkylation sites (N-methyl/N-ethyl adjacent to an activating group) is 1. The highest BCUT2D eigenvalue weighted by molar-refractivity contribution is 5.76. The predicted molar refractivity (Wildman–Crippen MR) is 58.4 cm³/mol. The molecule has 1 aliphatic heterocycles. The van der Waals surface area contributed by atoms with Gasteiger partial charge < -0.3 is 25.2 Å². The van der Waals surface area contributed by atoms with E-state index < -0.39 is 11.6 Å². The van der Waals surface area contributed by atoms with Crippen molar-refractivity contribution in [2.45, 2.75) is 18.6 Å². The Balaban J connectivity index is 2.22. The van der Waals surface area contributed by atoms with Crippen LogP contribution in [0.1, 0.15) is 6.92 Å². The Labute approximate surface area is 95.2 Å². The van der Waals surface area contributed by atoms with Crippen molar-refractivity contribution in [3.63, 3.8) is 0 Å². The van der Waals surface area contributed by atoms with E-state index in [9.17, 15) is 9.90 Å². The molecule has 0 spiro atoms. The van der Waals surface area contributed by atoms with Crippen LogP contribution in [0.3, 0.4) is 0 Å². The highest BCUT2D eigenvalue weighted by atomic mass is 16.5. The molecule has 1 saturated heterocycles. The number of nitrogens with one attached hydrogen (secondary N) is 1. The van der Waals surface area contributed by atoms with Gasteiger partial charge in [0.05, 0.1) is 12.7 Å². The fourth-order valence-electron chi connectivity index (χ4n) is 1.54. The lowest BCUT2D eigenvalue weighted by Crippen LogP contribution is -2.49. The van der Waals surface area contributed by atoms with Crippen molar-refractivity contribution in [3.05, 3.63) is 0 Å². The lowest BCUT2D eigenvalue weighted by Gasteiger charge is -2.30. The Morgan fingerprint density at radius 2 is 2.38 bits per heavy atom. The van der Waals surface area contributed by atoms with Crippen molar-refractivity contribution in [1.29, 1.82) is 0 Å². The molecule has 0 aromatic heterocycles. The van der Waals surface area contributed by atoms with Gasteiger partial charge >= 0.3 is 5.97 Å². The first-order chi connectivity index (χ1) is 7.42. The summed E-state index contributed by atoms with van der Waals surface area (Å²) in [6, 6.07) is 0. The number of carboxylic acid groups (broad SMARTS) is 1. The molecular formula is C10H20N2O4. The van der Waals surface area contributed by atoms with E-state index in [0.29, 0.717) is 13.2 Å². The zero-order chi connectivity index (χ0) is 12.2. The molecule has 94 valence electrons. The van der Waals surface area contributed by atoms with Crippen LogP contribution in [0.15, 0.2) is 0 Å². The summed E-state index contributed by atoms with van der Waals surface area (Å²) in [5.74, 6) is -1.22. The molecule has 1 rings (SSSR count). The molecule has 6 nitrogen and oxygen atoms in total. The average Bonchev–Trinajstić information content (AvgIpc) is 2.17. The number of carbonyl (C=O) groups is 1. The van der Waals surface area contributed by atoms with E-state index in [4.69, 9.17) is 9.84 Å². The third-order valence-corrected chi connectivity index (χ3v) is 2.64. The zero-order valence-electron chi connectivity index (χ0n) is 9.77. The first-order valence-corrected chi connectivity index (χ1v) is 5.38. The van der Waals surface area contributed by atoms with Crippen LogP contribution in [0.2, 0.25) is 0 Å². The molecule has 0 aromatic rings. The van der Waals surface area contributed by atoms with Gasteiger partial charge in [-0.15, -0.1) is 0 Å². The number of ether oxygens (including phenoxy) is 1. The summed E-state index contributed by atoms with van der Waals surface area (Å²) in [6.07, 6.45) is 0.0587. The number of carboxylic acids is 1. The molecule has 0 saturated carbocycles. The van der Waals surface area contributed by atoms with Gasteiger partial charge in [0, 0.05) is 26.2 Å². The standard InChI is InChI=1S/C10H20N2O4/c1-10(15,9(13)14)7-11-5-8-6-12(2)3-4-16-8/h8,11,15H,3-7H2,1-2H3,(H,13,14). The van der Waals surface area contributed by atoms with Gasteiger partial charge in [0.2, 0.25) is 0 Å². The molecule has 0 bridgehead atoms. The molecule has 1 fully saturated rings. The molecule has 2 unspecified atom stereocenters. The van der Waals surface area contributed by atoms with E-state index in [2.05, 4.69) is 10.2 Å². The SMILES string of the molecule is CN1CCOC(CNCC(C)(O)C(=O)O)C1. The van der Waals surface area contributed by atoms with Gasteiger partial charge in [-0.3, -0.25) is 0 Å². The first-order valence-electron chi connectivity index (χ1n) is 5.38. The Morgan fingerprint density at radius 3 is 2.94 bits per heavy atom. The van der Waals surface area contributed by atoms with E-state index in [1.807, 2.05) is 7.05 Å². The van der Waals surface area contributed by atoms with Crippen molar-refractivity contribution in [3.8, 4) is 0 Å². The third-order valence-electron chi connectivity index (χ3n) is 2.64. The van der Waals surface area contributed by atoms with Crippen LogP contribution in [0.4, 0.5) is 0 Å². The van der Waals surface area contributed by atoms with Crippen molar-refractivity contribution >= 4 is 5.97 Å². The molecule has 0 aromatic carbocycles. The molecule has 2 atom stereocenters. The van der Waals surface area contributed by atoms with E-state index in [1.165, 1.54) is 6.92 Å². The molecule has 6 heteroatoms. The average molecular weight is 232 g/mol. The van der Waals surface area contributed by atoms with Crippen molar-refractivity contribution < 1.29 is 19.7 Å². The van der Waals surface area contributed by atoms with Crippen molar-refractivity contribution in [2.75, 3.05) is 39.8 Å². The summed E-state index contributed by atoms with van der Waals surface area (Å²) >= 11 is 0. The van der Waals surface area contributed by atoms with E-state index in [1.54, 1.807) is 0 Å². The summed E-state index contributed by atoms with van der Waals surface area (Å²) in [5, 5.41) is 21.1. The minimum absolute atomic E-state index is 0.0197. The lowest BCUT2D eigenvalue weighted by atomic mass is 10.1. The topological polar surface area (TPSA) is 82.0 Å². The molecule has 3 N–H and O–H groups in total. The second kappa shape index (κ2) is 5.58. The van der Waals surface area contributed by atoms with Crippen LogP contribution < -0.4 is 5.32 Å². The number of aliphatic hydroxyl groups is 1. The normalized spacial score (nSPS) is 26.3. The smallest absolute Gasteiger partial charge is 0.336 e. The summed E-state index contributed by atoms with van der Waals surface area (Å²) in [6.45, 7) is 4.28. The molecular weight excluding hydrogens is 212 g/mol. The number of rotatable bonds is 5.